The lowest BCUT2D eigenvalue weighted by Gasteiger charge is -2.10. The summed E-state index contributed by atoms with van der Waals surface area (Å²) < 4.78 is 20.2. The summed E-state index contributed by atoms with van der Waals surface area (Å²) in [6, 6.07) is 4.66. The molecular weight excluding hydrogens is 370 g/mol. The van der Waals surface area contributed by atoms with Crippen LogP contribution in [-0.2, 0) is 6.54 Å². The first-order chi connectivity index (χ1) is 9.52. The first-order valence-electron chi connectivity index (χ1n) is 5.63. The van der Waals surface area contributed by atoms with Crippen molar-refractivity contribution in [2.45, 2.75) is 6.54 Å². The van der Waals surface area contributed by atoms with Crippen molar-refractivity contribution >= 4 is 39.1 Å². The highest BCUT2D eigenvalue weighted by Crippen LogP contribution is 2.36. The minimum atomic E-state index is -0.531. The number of halogens is 4. The van der Waals surface area contributed by atoms with E-state index in [1.54, 1.807) is 19.2 Å². The fraction of sp³-hybridized carbons (Fsp3) is 0.154. The Balaban J connectivity index is 2.35. The van der Waals surface area contributed by atoms with Gasteiger partial charge in [-0.2, -0.15) is 0 Å². The molecule has 1 heterocycles. The van der Waals surface area contributed by atoms with Crippen LogP contribution >= 0.6 is 39.1 Å². The molecule has 2 rings (SSSR count). The molecule has 0 saturated carbocycles. The van der Waals surface area contributed by atoms with E-state index in [1.807, 2.05) is 0 Å². The Morgan fingerprint density at radius 1 is 1.35 bits per heavy atom. The second-order valence-electron chi connectivity index (χ2n) is 3.92. The molecule has 0 saturated heterocycles. The van der Waals surface area contributed by atoms with E-state index in [2.05, 4.69) is 26.2 Å². The van der Waals surface area contributed by atoms with Gasteiger partial charge >= 0.3 is 0 Å². The van der Waals surface area contributed by atoms with Gasteiger partial charge in [-0.05, 0) is 35.1 Å². The summed E-state index contributed by atoms with van der Waals surface area (Å²) >= 11 is 15.2. The Morgan fingerprint density at radius 3 is 2.80 bits per heavy atom. The fourth-order valence-corrected chi connectivity index (χ4v) is 2.38. The molecule has 0 unspecified atom stereocenters. The number of nitrogens with zero attached hydrogens (tertiary/aromatic N) is 1. The zero-order valence-corrected chi connectivity index (χ0v) is 13.5. The molecule has 7 heteroatoms. The van der Waals surface area contributed by atoms with Crippen LogP contribution in [0.15, 0.2) is 28.9 Å². The molecule has 0 atom stereocenters. The van der Waals surface area contributed by atoms with Gasteiger partial charge in [-0.25, -0.2) is 9.37 Å². The van der Waals surface area contributed by atoms with Gasteiger partial charge in [0, 0.05) is 28.8 Å². The smallest absolute Gasteiger partial charge is 0.256 e. The largest absolute Gasteiger partial charge is 0.435 e. The number of hydrogen-bond donors (Lipinski definition) is 1. The SMILES string of the molecule is CNCc1ccnc(Oc2cc(Cl)c(Br)cc2Cl)c1F. The van der Waals surface area contributed by atoms with E-state index < -0.39 is 5.82 Å². The van der Waals surface area contributed by atoms with Crippen LogP contribution in [0.3, 0.4) is 0 Å². The first-order valence-corrected chi connectivity index (χ1v) is 7.18. The summed E-state index contributed by atoms with van der Waals surface area (Å²) in [6.45, 7) is 0.375. The zero-order chi connectivity index (χ0) is 14.7. The van der Waals surface area contributed by atoms with Gasteiger partial charge in [0.2, 0.25) is 0 Å². The van der Waals surface area contributed by atoms with Crippen LogP contribution in [0, 0.1) is 5.82 Å². The lowest BCUT2D eigenvalue weighted by Crippen LogP contribution is -2.08. The number of hydrogen-bond acceptors (Lipinski definition) is 3. The normalized spacial score (nSPS) is 10.7. The summed E-state index contributed by atoms with van der Waals surface area (Å²) in [5.74, 6) is -0.428. The van der Waals surface area contributed by atoms with Crippen molar-refractivity contribution in [2.75, 3.05) is 7.05 Å². The van der Waals surface area contributed by atoms with Crippen LogP contribution in [0.2, 0.25) is 10.0 Å². The highest BCUT2D eigenvalue weighted by atomic mass is 79.9. The van der Waals surface area contributed by atoms with Gasteiger partial charge in [0.05, 0.1) is 10.0 Å². The molecule has 0 radical (unpaired) electrons. The predicted octanol–water partition coefficient (Wildman–Crippen LogP) is 4.80. The molecule has 0 spiro atoms. The van der Waals surface area contributed by atoms with E-state index in [0.717, 1.165) is 0 Å². The molecule has 1 aromatic heterocycles. The number of benzene rings is 1. The van der Waals surface area contributed by atoms with Crippen molar-refractivity contribution in [1.82, 2.24) is 10.3 Å². The molecule has 106 valence electrons. The Kier molecular flexibility index (Phi) is 5.21. The molecule has 1 N–H and O–H groups in total. The van der Waals surface area contributed by atoms with Crippen molar-refractivity contribution in [3.05, 3.63) is 50.3 Å². The van der Waals surface area contributed by atoms with E-state index >= 15 is 0 Å². The summed E-state index contributed by atoms with van der Waals surface area (Å²) in [5.41, 5.74) is 0.455. The third-order valence-electron chi connectivity index (χ3n) is 2.49. The number of nitrogens with one attached hydrogen (secondary N) is 1. The van der Waals surface area contributed by atoms with Gasteiger partial charge in [-0.1, -0.05) is 23.2 Å². The molecule has 0 aliphatic carbocycles. The van der Waals surface area contributed by atoms with Gasteiger partial charge in [-0.3, -0.25) is 0 Å². The molecule has 2 aromatic rings. The third-order valence-corrected chi connectivity index (χ3v) is 3.98. The van der Waals surface area contributed by atoms with E-state index in [9.17, 15) is 4.39 Å². The summed E-state index contributed by atoms with van der Waals surface area (Å²) in [7, 11) is 1.73. The lowest BCUT2D eigenvalue weighted by molar-refractivity contribution is 0.418. The molecule has 0 fully saturated rings. The van der Waals surface area contributed by atoms with Crippen LogP contribution in [0.25, 0.3) is 0 Å². The maximum Gasteiger partial charge on any atom is 0.256 e. The van der Waals surface area contributed by atoms with Crippen molar-refractivity contribution in [1.29, 1.82) is 0 Å². The van der Waals surface area contributed by atoms with Gasteiger partial charge in [0.25, 0.3) is 5.88 Å². The van der Waals surface area contributed by atoms with E-state index in [4.69, 9.17) is 27.9 Å². The number of ether oxygens (including phenoxy) is 1. The lowest BCUT2D eigenvalue weighted by atomic mass is 10.2. The molecule has 0 amide bonds. The number of pyridine rings is 1. The average molecular weight is 380 g/mol. The third kappa shape index (κ3) is 3.41. The fourth-order valence-electron chi connectivity index (χ4n) is 1.55. The second kappa shape index (κ2) is 6.72. The Labute approximate surface area is 134 Å². The van der Waals surface area contributed by atoms with Crippen molar-refractivity contribution in [2.24, 2.45) is 0 Å². The molecule has 20 heavy (non-hydrogen) atoms. The van der Waals surface area contributed by atoms with Crippen molar-refractivity contribution in [3.8, 4) is 11.6 Å². The topological polar surface area (TPSA) is 34.2 Å². The van der Waals surface area contributed by atoms with Crippen molar-refractivity contribution < 1.29 is 9.13 Å². The maximum atomic E-state index is 14.1. The van der Waals surface area contributed by atoms with E-state index in [1.165, 1.54) is 12.3 Å². The summed E-state index contributed by atoms with van der Waals surface area (Å²) in [6.07, 6.45) is 1.47. The maximum absolute atomic E-state index is 14.1. The molecule has 3 nitrogen and oxygen atoms in total. The number of aromatic nitrogens is 1. The van der Waals surface area contributed by atoms with Crippen LogP contribution in [-0.4, -0.2) is 12.0 Å². The summed E-state index contributed by atoms with van der Waals surface area (Å²) in [4.78, 5) is 3.87. The van der Waals surface area contributed by atoms with Crippen LogP contribution < -0.4 is 10.1 Å². The quantitative estimate of drug-likeness (QED) is 0.774. The van der Waals surface area contributed by atoms with Gasteiger partial charge in [0.15, 0.2) is 5.82 Å². The predicted molar refractivity (Wildman–Crippen MR) is 81.2 cm³/mol. The van der Waals surface area contributed by atoms with Crippen LogP contribution in [0.4, 0.5) is 4.39 Å². The molecule has 0 bridgehead atoms. The van der Waals surface area contributed by atoms with Crippen LogP contribution in [0.1, 0.15) is 5.56 Å². The van der Waals surface area contributed by atoms with E-state index in [0.29, 0.717) is 26.6 Å². The second-order valence-corrected chi connectivity index (χ2v) is 5.59. The van der Waals surface area contributed by atoms with Crippen molar-refractivity contribution in [3.63, 3.8) is 0 Å². The Hall–Kier alpha value is -0.880. The van der Waals surface area contributed by atoms with E-state index in [-0.39, 0.29) is 11.6 Å². The average Bonchev–Trinajstić information content (AvgIpc) is 2.40. The Bertz CT molecular complexity index is 640. The highest BCUT2D eigenvalue weighted by molar-refractivity contribution is 9.10. The minimum absolute atomic E-state index is 0.141. The monoisotopic (exact) mass is 378 g/mol. The van der Waals surface area contributed by atoms with Gasteiger partial charge in [-0.15, -0.1) is 0 Å². The molecule has 1 aromatic carbocycles. The summed E-state index contributed by atoms with van der Waals surface area (Å²) in [5, 5.41) is 3.59. The minimum Gasteiger partial charge on any atom is -0.435 e. The highest BCUT2D eigenvalue weighted by Gasteiger charge is 2.14. The first kappa shape index (κ1) is 15.5. The Morgan fingerprint density at radius 2 is 2.10 bits per heavy atom. The standard InChI is InChI=1S/C13H10BrCl2FN2O/c1-18-6-7-2-3-19-13(12(7)17)20-11-5-9(15)8(14)4-10(11)16/h2-5,18H,6H2,1H3. The van der Waals surface area contributed by atoms with Gasteiger partial charge in [0.1, 0.15) is 5.75 Å². The number of rotatable bonds is 4. The molecular formula is C13H10BrCl2FN2O. The van der Waals surface area contributed by atoms with Gasteiger partial charge < -0.3 is 10.1 Å². The van der Waals surface area contributed by atoms with Crippen LogP contribution in [0.5, 0.6) is 11.6 Å². The zero-order valence-electron chi connectivity index (χ0n) is 10.4. The molecule has 0 aliphatic rings. The molecule has 0 aliphatic heterocycles.